The molecule has 15 heteroatoms. The second-order valence-electron chi connectivity index (χ2n) is 13.3. The van der Waals surface area contributed by atoms with E-state index in [1.54, 1.807) is 39.0 Å². The largest absolute Gasteiger partial charge is 0.444 e. The average Bonchev–Trinajstić information content (AvgIpc) is 3.29. The van der Waals surface area contributed by atoms with E-state index in [9.17, 15) is 27.6 Å². The lowest BCUT2D eigenvalue weighted by atomic mass is 9.95. The van der Waals surface area contributed by atoms with Crippen LogP contribution in [0.15, 0.2) is 30.3 Å². The molecule has 1 aromatic carbocycles. The summed E-state index contributed by atoms with van der Waals surface area (Å²) >= 11 is 6.69. The number of likely N-dealkylation sites (N-methyl/N-ethyl adjacent to an activating group) is 1. The Balaban J connectivity index is 1.37. The van der Waals surface area contributed by atoms with Gasteiger partial charge in [-0.2, -0.15) is 13.2 Å². The monoisotopic (exact) mass is 682 g/mol. The molecule has 3 aliphatic heterocycles. The van der Waals surface area contributed by atoms with Crippen molar-refractivity contribution in [2.45, 2.75) is 70.6 Å². The van der Waals surface area contributed by atoms with Gasteiger partial charge in [-0.15, -0.1) is 0 Å². The number of likely N-dealkylation sites (tertiary alicyclic amines) is 1. The summed E-state index contributed by atoms with van der Waals surface area (Å²) in [5, 5.41) is 3.62. The van der Waals surface area contributed by atoms with Gasteiger partial charge in [0.1, 0.15) is 23.6 Å². The number of amides is 3. The van der Waals surface area contributed by atoms with Crippen LogP contribution in [-0.2, 0) is 20.5 Å². The molecule has 2 saturated heterocycles. The average molecular weight is 683 g/mol. The summed E-state index contributed by atoms with van der Waals surface area (Å²) in [6, 6.07) is 5.13. The number of aryl methyl sites for hydroxylation is 1. The molecule has 2 fully saturated rings. The molecule has 2 aromatic rings. The maximum absolute atomic E-state index is 15.2. The molecule has 1 aromatic heterocycles. The van der Waals surface area contributed by atoms with Gasteiger partial charge < -0.3 is 24.8 Å². The van der Waals surface area contributed by atoms with Gasteiger partial charge in [0.05, 0.1) is 28.5 Å². The van der Waals surface area contributed by atoms with Crippen LogP contribution in [0.1, 0.15) is 44.9 Å². The van der Waals surface area contributed by atoms with Crippen LogP contribution in [0.3, 0.4) is 0 Å². The van der Waals surface area contributed by atoms with Crippen molar-refractivity contribution < 1.29 is 36.7 Å². The van der Waals surface area contributed by atoms with Crippen molar-refractivity contribution in [3.8, 4) is 0 Å². The highest BCUT2D eigenvalue weighted by Crippen LogP contribution is 2.43. The van der Waals surface area contributed by atoms with E-state index in [1.807, 2.05) is 4.90 Å². The van der Waals surface area contributed by atoms with Gasteiger partial charge in [-0.1, -0.05) is 17.7 Å². The Morgan fingerprint density at radius 1 is 1.15 bits per heavy atom. The minimum absolute atomic E-state index is 0.0608. The fraction of sp³-hybridized carbons (Fsp3) is 0.562. The van der Waals surface area contributed by atoms with Crippen LogP contribution < -0.4 is 20.0 Å². The third-order valence-electron chi connectivity index (χ3n) is 8.61. The molecule has 47 heavy (non-hydrogen) atoms. The molecule has 256 valence electrons. The van der Waals surface area contributed by atoms with Crippen molar-refractivity contribution >= 4 is 46.7 Å². The molecule has 0 spiro atoms. The highest BCUT2D eigenvalue weighted by Gasteiger charge is 2.49. The van der Waals surface area contributed by atoms with E-state index in [1.165, 1.54) is 23.8 Å². The van der Waals surface area contributed by atoms with Crippen molar-refractivity contribution in [3.05, 3.63) is 46.6 Å². The lowest BCUT2D eigenvalue weighted by Crippen LogP contribution is -2.55. The molecule has 4 atom stereocenters. The summed E-state index contributed by atoms with van der Waals surface area (Å²) < 4.78 is 61.7. The van der Waals surface area contributed by atoms with Crippen LogP contribution in [0.4, 0.5) is 39.5 Å². The Labute approximate surface area is 276 Å². The van der Waals surface area contributed by atoms with E-state index in [4.69, 9.17) is 16.3 Å². The van der Waals surface area contributed by atoms with Gasteiger partial charge in [0.25, 0.3) is 0 Å². The van der Waals surface area contributed by atoms with Crippen LogP contribution in [0.2, 0.25) is 5.02 Å². The predicted molar refractivity (Wildman–Crippen MR) is 170 cm³/mol. The molecule has 3 aliphatic rings. The Morgan fingerprint density at radius 2 is 1.87 bits per heavy atom. The highest BCUT2D eigenvalue weighted by atomic mass is 35.5. The molecular formula is C32H39ClF4N6O4. The van der Waals surface area contributed by atoms with Crippen molar-refractivity contribution in [2.75, 3.05) is 54.5 Å². The number of carbonyl (C=O) groups is 3. The molecule has 1 N–H and O–H groups in total. The molecule has 0 saturated carbocycles. The van der Waals surface area contributed by atoms with Crippen LogP contribution in [-0.4, -0.2) is 91.4 Å². The second kappa shape index (κ2) is 13.1. The van der Waals surface area contributed by atoms with Crippen LogP contribution in [0.25, 0.3) is 0 Å². The van der Waals surface area contributed by atoms with Crippen molar-refractivity contribution in [1.29, 1.82) is 0 Å². The third-order valence-corrected chi connectivity index (χ3v) is 8.91. The number of aromatic nitrogens is 1. The molecule has 5 rings (SSSR count). The first-order valence-electron chi connectivity index (χ1n) is 15.5. The second-order valence-corrected chi connectivity index (χ2v) is 13.7. The summed E-state index contributed by atoms with van der Waals surface area (Å²) in [5.74, 6) is -1.83. The number of nitrogens with one attached hydrogen (secondary N) is 1. The van der Waals surface area contributed by atoms with Crippen molar-refractivity contribution in [3.63, 3.8) is 0 Å². The van der Waals surface area contributed by atoms with Gasteiger partial charge in [-0.25, -0.2) is 14.2 Å². The zero-order chi connectivity index (χ0) is 34.4. The number of anilines is 3. The lowest BCUT2D eigenvalue weighted by Gasteiger charge is -2.40. The normalized spacial score (nSPS) is 23.8. The molecule has 10 nitrogen and oxygen atoms in total. The fourth-order valence-corrected chi connectivity index (χ4v) is 6.77. The molecule has 0 aliphatic carbocycles. The smallest absolute Gasteiger partial charge is 0.416 e. The first kappa shape index (κ1) is 34.7. The first-order valence-corrected chi connectivity index (χ1v) is 15.9. The third kappa shape index (κ3) is 7.43. The minimum Gasteiger partial charge on any atom is -0.444 e. The number of piperidine rings is 1. The van der Waals surface area contributed by atoms with Crippen LogP contribution in [0, 0.1) is 12.8 Å². The van der Waals surface area contributed by atoms with E-state index in [2.05, 4.69) is 10.3 Å². The summed E-state index contributed by atoms with van der Waals surface area (Å²) in [6.07, 6.45) is -6.30. The Kier molecular flexibility index (Phi) is 9.66. The number of fused-ring (bicyclic) bond motifs is 2. The van der Waals surface area contributed by atoms with E-state index in [0.717, 1.165) is 17.0 Å². The fourth-order valence-electron chi connectivity index (χ4n) is 6.48. The number of para-hydroxylation sites is 1. The SMILES string of the molecule is Cc1cc(C(F)(F)F)cc(N2C(=O)C[C@@H]3CN(CCN[C@H]4CCN(C(=O)OC(C)(C)C)C[C@H]4F)c4c(Cl)cccc4N(C)C(=O)[C@H]32)n1. The molecule has 0 bridgehead atoms. The van der Waals surface area contributed by atoms with E-state index >= 15 is 4.39 Å². The Hall–Kier alpha value is -3.65. The zero-order valence-electron chi connectivity index (χ0n) is 26.9. The van der Waals surface area contributed by atoms with Gasteiger partial charge in [0, 0.05) is 57.3 Å². The number of hydrogen-bond acceptors (Lipinski definition) is 7. The molecule has 3 amide bonds. The standard InChI is InChI=1S/C32H39ClF4N6O4/c1-18-13-20(32(35,36)37)15-25(39-18)43-26(44)14-19-16-41(28-21(33)7-6-8-24(28)40(5)29(45)27(19)43)12-10-38-23-9-11-42(17-22(23)34)30(46)47-31(2,3)4/h6-8,13,15,19,22-23,27,38H,9-12,14,16-17H2,1-5H3/t19-,22-,23+,27+/m1/s1. The number of alkyl halides is 4. The predicted octanol–water partition coefficient (Wildman–Crippen LogP) is 5.20. The van der Waals surface area contributed by atoms with Gasteiger partial charge in [0.15, 0.2) is 0 Å². The van der Waals surface area contributed by atoms with E-state index < -0.39 is 59.4 Å². The van der Waals surface area contributed by atoms with Crippen LogP contribution >= 0.6 is 11.6 Å². The molecule has 4 heterocycles. The lowest BCUT2D eigenvalue weighted by molar-refractivity contribution is -0.137. The Morgan fingerprint density at radius 3 is 2.53 bits per heavy atom. The first-order chi connectivity index (χ1) is 21.9. The minimum atomic E-state index is -4.67. The summed E-state index contributed by atoms with van der Waals surface area (Å²) in [4.78, 5) is 49.8. The number of carbonyl (C=O) groups excluding carboxylic acids is 3. The number of pyridine rings is 1. The molecule has 0 unspecified atom stereocenters. The number of ether oxygens (including phenoxy) is 1. The van der Waals surface area contributed by atoms with E-state index in [-0.39, 0.29) is 31.0 Å². The van der Waals surface area contributed by atoms with Gasteiger partial charge in [-0.05, 0) is 58.4 Å². The number of nitrogens with zero attached hydrogens (tertiary/aromatic N) is 5. The molecular weight excluding hydrogens is 644 g/mol. The number of halogens is 5. The quantitative estimate of drug-likeness (QED) is 0.433. The zero-order valence-corrected chi connectivity index (χ0v) is 27.7. The summed E-state index contributed by atoms with van der Waals surface area (Å²) in [6.45, 7) is 7.67. The Bertz CT molecular complexity index is 1540. The van der Waals surface area contributed by atoms with Gasteiger partial charge in [0.2, 0.25) is 11.8 Å². The summed E-state index contributed by atoms with van der Waals surface area (Å²) in [7, 11) is 1.54. The molecule has 0 radical (unpaired) electrons. The maximum atomic E-state index is 15.2. The number of benzene rings is 1. The van der Waals surface area contributed by atoms with Crippen molar-refractivity contribution in [1.82, 2.24) is 15.2 Å². The van der Waals surface area contributed by atoms with Crippen LogP contribution in [0.5, 0.6) is 0 Å². The van der Waals surface area contributed by atoms with Gasteiger partial charge >= 0.3 is 12.3 Å². The van der Waals surface area contributed by atoms with E-state index in [0.29, 0.717) is 42.5 Å². The van der Waals surface area contributed by atoms with Crippen molar-refractivity contribution in [2.24, 2.45) is 5.92 Å². The summed E-state index contributed by atoms with van der Waals surface area (Å²) in [5.41, 5.74) is -0.576. The number of hydrogen-bond donors (Lipinski definition) is 1. The maximum Gasteiger partial charge on any atom is 0.416 e. The topological polar surface area (TPSA) is 98.3 Å². The van der Waals surface area contributed by atoms with Gasteiger partial charge in [-0.3, -0.25) is 14.5 Å². The highest BCUT2D eigenvalue weighted by molar-refractivity contribution is 6.34. The number of rotatable bonds is 5.